The number of amides is 1. The SMILES string of the molecule is Cc1cc(C(=O)NCC(C)O)c2cccc(N)c2n1. The molecule has 0 fully saturated rings. The number of rotatable bonds is 3. The molecule has 0 bridgehead atoms. The number of nitrogen functional groups attached to an aromatic ring is 1. The minimum atomic E-state index is -0.580. The van der Waals surface area contributed by atoms with Gasteiger partial charge >= 0.3 is 0 Å². The van der Waals surface area contributed by atoms with Gasteiger partial charge in [-0.1, -0.05) is 12.1 Å². The number of benzene rings is 1. The molecule has 0 saturated heterocycles. The molecular formula is C14H17N3O2. The molecule has 2 rings (SSSR count). The first-order valence-corrected chi connectivity index (χ1v) is 6.11. The highest BCUT2D eigenvalue weighted by molar-refractivity contribution is 6.08. The lowest BCUT2D eigenvalue weighted by Crippen LogP contribution is -2.30. The number of anilines is 1. The van der Waals surface area contributed by atoms with Gasteiger partial charge in [-0.05, 0) is 26.0 Å². The van der Waals surface area contributed by atoms with Crippen molar-refractivity contribution < 1.29 is 9.90 Å². The van der Waals surface area contributed by atoms with Crippen LogP contribution in [-0.2, 0) is 0 Å². The molecule has 0 radical (unpaired) electrons. The fourth-order valence-corrected chi connectivity index (χ4v) is 1.92. The van der Waals surface area contributed by atoms with E-state index in [1.807, 2.05) is 13.0 Å². The molecule has 5 nitrogen and oxygen atoms in total. The van der Waals surface area contributed by atoms with Crippen LogP contribution in [0.5, 0.6) is 0 Å². The molecule has 0 aliphatic heterocycles. The normalized spacial score (nSPS) is 12.4. The van der Waals surface area contributed by atoms with Gasteiger partial charge in [-0.25, -0.2) is 0 Å². The smallest absolute Gasteiger partial charge is 0.252 e. The summed E-state index contributed by atoms with van der Waals surface area (Å²) in [5.74, 6) is -0.234. The van der Waals surface area contributed by atoms with Crippen molar-refractivity contribution in [1.29, 1.82) is 0 Å². The van der Waals surface area contributed by atoms with Crippen molar-refractivity contribution in [2.75, 3.05) is 12.3 Å². The number of hydrogen-bond donors (Lipinski definition) is 3. The number of nitrogens with zero attached hydrogens (tertiary/aromatic N) is 1. The second-order valence-corrected chi connectivity index (χ2v) is 4.61. The monoisotopic (exact) mass is 259 g/mol. The van der Waals surface area contributed by atoms with E-state index >= 15 is 0 Å². The summed E-state index contributed by atoms with van der Waals surface area (Å²) in [4.78, 5) is 16.5. The summed E-state index contributed by atoms with van der Waals surface area (Å²) in [7, 11) is 0. The number of pyridine rings is 1. The Morgan fingerprint density at radius 2 is 2.26 bits per heavy atom. The Balaban J connectivity index is 2.48. The van der Waals surface area contributed by atoms with E-state index in [4.69, 9.17) is 5.73 Å². The molecule has 0 aliphatic carbocycles. The maximum atomic E-state index is 12.1. The molecule has 1 atom stereocenters. The van der Waals surface area contributed by atoms with E-state index in [1.165, 1.54) is 0 Å². The first kappa shape index (κ1) is 13.3. The van der Waals surface area contributed by atoms with E-state index in [9.17, 15) is 9.90 Å². The van der Waals surface area contributed by atoms with Crippen LogP contribution in [0.25, 0.3) is 10.9 Å². The Labute approximate surface area is 111 Å². The number of nitrogens with one attached hydrogen (secondary N) is 1. The van der Waals surface area contributed by atoms with Gasteiger partial charge in [-0.2, -0.15) is 0 Å². The Morgan fingerprint density at radius 3 is 2.95 bits per heavy atom. The van der Waals surface area contributed by atoms with Crippen molar-refractivity contribution in [2.24, 2.45) is 0 Å². The van der Waals surface area contributed by atoms with E-state index < -0.39 is 6.10 Å². The average Bonchev–Trinajstić information content (AvgIpc) is 2.36. The van der Waals surface area contributed by atoms with E-state index in [0.29, 0.717) is 22.2 Å². The molecular weight excluding hydrogens is 242 g/mol. The summed E-state index contributed by atoms with van der Waals surface area (Å²) in [6, 6.07) is 7.08. The number of nitrogens with two attached hydrogens (primary N) is 1. The highest BCUT2D eigenvalue weighted by Gasteiger charge is 2.13. The minimum absolute atomic E-state index is 0.212. The highest BCUT2D eigenvalue weighted by Crippen LogP contribution is 2.23. The van der Waals surface area contributed by atoms with E-state index in [-0.39, 0.29) is 12.5 Å². The molecule has 1 unspecified atom stereocenters. The van der Waals surface area contributed by atoms with Crippen LogP contribution in [0.1, 0.15) is 23.0 Å². The second kappa shape index (κ2) is 5.24. The van der Waals surface area contributed by atoms with Crippen LogP contribution in [0.3, 0.4) is 0 Å². The van der Waals surface area contributed by atoms with Crippen molar-refractivity contribution in [3.05, 3.63) is 35.5 Å². The number of hydrogen-bond acceptors (Lipinski definition) is 4. The molecule has 5 heteroatoms. The molecule has 1 aromatic carbocycles. The van der Waals surface area contributed by atoms with Crippen molar-refractivity contribution in [2.45, 2.75) is 20.0 Å². The number of aliphatic hydroxyl groups is 1. The van der Waals surface area contributed by atoms with Crippen molar-refractivity contribution in [3.63, 3.8) is 0 Å². The van der Waals surface area contributed by atoms with Crippen molar-refractivity contribution in [1.82, 2.24) is 10.3 Å². The number of aryl methyl sites for hydroxylation is 1. The van der Waals surface area contributed by atoms with E-state index in [0.717, 1.165) is 5.69 Å². The Bertz CT molecular complexity index is 623. The maximum absolute atomic E-state index is 12.1. The number of para-hydroxylation sites is 1. The van der Waals surface area contributed by atoms with Gasteiger partial charge in [0.15, 0.2) is 0 Å². The van der Waals surface area contributed by atoms with Gasteiger partial charge in [0.2, 0.25) is 0 Å². The molecule has 2 aromatic rings. The Morgan fingerprint density at radius 1 is 1.53 bits per heavy atom. The molecule has 4 N–H and O–H groups in total. The fraction of sp³-hybridized carbons (Fsp3) is 0.286. The fourth-order valence-electron chi connectivity index (χ4n) is 1.92. The van der Waals surface area contributed by atoms with Crippen LogP contribution in [0.15, 0.2) is 24.3 Å². The summed E-state index contributed by atoms with van der Waals surface area (Å²) in [5, 5.41) is 12.6. The minimum Gasteiger partial charge on any atom is -0.397 e. The third-order valence-electron chi connectivity index (χ3n) is 2.80. The number of aliphatic hydroxyl groups excluding tert-OH is 1. The number of aromatic nitrogens is 1. The van der Waals surface area contributed by atoms with Gasteiger partial charge in [0.25, 0.3) is 5.91 Å². The molecule has 1 heterocycles. The van der Waals surface area contributed by atoms with Crippen LogP contribution in [0.2, 0.25) is 0 Å². The van der Waals surface area contributed by atoms with E-state index in [2.05, 4.69) is 10.3 Å². The van der Waals surface area contributed by atoms with Gasteiger partial charge in [0.1, 0.15) is 0 Å². The van der Waals surface area contributed by atoms with Crippen molar-refractivity contribution in [3.8, 4) is 0 Å². The lowest BCUT2D eigenvalue weighted by molar-refractivity contribution is 0.0925. The zero-order chi connectivity index (χ0) is 14.0. The summed E-state index contributed by atoms with van der Waals surface area (Å²) < 4.78 is 0. The quantitative estimate of drug-likeness (QED) is 0.723. The first-order chi connectivity index (χ1) is 8.99. The third-order valence-corrected chi connectivity index (χ3v) is 2.80. The Hall–Kier alpha value is -2.14. The highest BCUT2D eigenvalue weighted by atomic mass is 16.3. The number of fused-ring (bicyclic) bond motifs is 1. The summed E-state index contributed by atoms with van der Waals surface area (Å²) >= 11 is 0. The number of carbonyl (C=O) groups excluding carboxylic acids is 1. The maximum Gasteiger partial charge on any atom is 0.252 e. The zero-order valence-electron chi connectivity index (χ0n) is 11.0. The Kier molecular flexibility index (Phi) is 3.66. The van der Waals surface area contributed by atoms with E-state index in [1.54, 1.807) is 25.1 Å². The first-order valence-electron chi connectivity index (χ1n) is 6.11. The second-order valence-electron chi connectivity index (χ2n) is 4.61. The van der Waals surface area contributed by atoms with Gasteiger partial charge in [-0.3, -0.25) is 9.78 Å². The summed E-state index contributed by atoms with van der Waals surface area (Å²) in [6.45, 7) is 3.65. The molecule has 0 spiro atoms. The molecule has 1 amide bonds. The average molecular weight is 259 g/mol. The van der Waals surface area contributed by atoms with Crippen LogP contribution >= 0.6 is 0 Å². The topological polar surface area (TPSA) is 88.2 Å². The van der Waals surface area contributed by atoms with Crippen molar-refractivity contribution >= 4 is 22.5 Å². The standard InChI is InChI=1S/C14H17N3O2/c1-8-6-11(14(19)16-7-9(2)18)10-4-3-5-12(15)13(10)17-8/h3-6,9,18H,7,15H2,1-2H3,(H,16,19). The summed E-state index contributed by atoms with van der Waals surface area (Å²) in [6.07, 6.45) is -0.580. The largest absolute Gasteiger partial charge is 0.397 e. The zero-order valence-corrected chi connectivity index (χ0v) is 11.0. The van der Waals surface area contributed by atoms with Crippen LogP contribution in [-0.4, -0.2) is 28.6 Å². The molecule has 0 saturated carbocycles. The van der Waals surface area contributed by atoms with Crippen LogP contribution in [0.4, 0.5) is 5.69 Å². The molecule has 1 aromatic heterocycles. The summed E-state index contributed by atoms with van der Waals surface area (Å²) in [5.41, 5.74) is 8.31. The predicted molar refractivity (Wildman–Crippen MR) is 74.9 cm³/mol. The molecule has 100 valence electrons. The van der Waals surface area contributed by atoms with Crippen LogP contribution in [0, 0.1) is 6.92 Å². The molecule has 0 aliphatic rings. The van der Waals surface area contributed by atoms with Gasteiger partial charge in [0, 0.05) is 17.6 Å². The molecule has 19 heavy (non-hydrogen) atoms. The lowest BCUT2D eigenvalue weighted by Gasteiger charge is -2.11. The van der Waals surface area contributed by atoms with Gasteiger partial charge in [0.05, 0.1) is 22.9 Å². The number of carbonyl (C=O) groups is 1. The lowest BCUT2D eigenvalue weighted by atomic mass is 10.1. The van der Waals surface area contributed by atoms with Gasteiger partial charge < -0.3 is 16.2 Å². The third kappa shape index (κ3) is 2.82. The predicted octanol–water partition coefficient (Wildman–Crippen LogP) is 1.24. The van der Waals surface area contributed by atoms with Crippen LogP contribution < -0.4 is 11.1 Å². The van der Waals surface area contributed by atoms with Gasteiger partial charge in [-0.15, -0.1) is 0 Å².